The van der Waals surface area contributed by atoms with E-state index in [4.69, 9.17) is 4.74 Å². The molecule has 3 amide bonds. The van der Waals surface area contributed by atoms with Gasteiger partial charge in [0, 0.05) is 6.07 Å². The van der Waals surface area contributed by atoms with E-state index in [1.165, 1.54) is 13.8 Å². The monoisotopic (exact) mass is 408 g/mol. The van der Waals surface area contributed by atoms with Gasteiger partial charge >= 0.3 is 5.97 Å². The van der Waals surface area contributed by atoms with E-state index in [1.54, 1.807) is 0 Å². The SMILES string of the molecule is C[C@@H](OC(=O)[C@H](C)N1C(=O)[C@H]2CCCC[C@@H]2C1=O)C(=O)Nc1cc(F)ccc1F. The Morgan fingerprint density at radius 3 is 2.28 bits per heavy atom. The van der Waals surface area contributed by atoms with Crippen molar-refractivity contribution in [2.75, 3.05) is 5.32 Å². The number of benzene rings is 1. The summed E-state index contributed by atoms with van der Waals surface area (Å²) in [7, 11) is 0. The van der Waals surface area contributed by atoms with Gasteiger partial charge < -0.3 is 10.1 Å². The van der Waals surface area contributed by atoms with E-state index in [2.05, 4.69) is 5.32 Å². The Balaban J connectivity index is 1.63. The predicted octanol–water partition coefficient (Wildman–Crippen LogP) is 2.40. The van der Waals surface area contributed by atoms with Crippen LogP contribution in [0.5, 0.6) is 0 Å². The minimum Gasteiger partial charge on any atom is -0.451 e. The molecule has 1 aliphatic heterocycles. The Hall–Kier alpha value is -2.84. The zero-order valence-corrected chi connectivity index (χ0v) is 16.1. The van der Waals surface area contributed by atoms with Gasteiger partial charge in [-0.3, -0.25) is 19.3 Å². The normalized spacial score (nSPS) is 23.4. The summed E-state index contributed by atoms with van der Waals surface area (Å²) in [5.74, 6) is -4.96. The molecule has 1 aliphatic carbocycles. The molecule has 1 N–H and O–H groups in total. The molecule has 2 aliphatic rings. The number of esters is 1. The van der Waals surface area contributed by atoms with Crippen molar-refractivity contribution in [3.8, 4) is 0 Å². The van der Waals surface area contributed by atoms with Crippen LogP contribution in [0.4, 0.5) is 14.5 Å². The van der Waals surface area contributed by atoms with Crippen molar-refractivity contribution in [3.63, 3.8) is 0 Å². The molecule has 0 bridgehead atoms. The second-order valence-corrected chi connectivity index (χ2v) is 7.41. The lowest BCUT2D eigenvalue weighted by Gasteiger charge is -2.23. The number of amides is 3. The average Bonchev–Trinajstić information content (AvgIpc) is 2.94. The third kappa shape index (κ3) is 4.13. The maximum atomic E-state index is 13.6. The lowest BCUT2D eigenvalue weighted by molar-refractivity contribution is -0.163. The zero-order valence-electron chi connectivity index (χ0n) is 16.1. The molecule has 1 aromatic carbocycles. The number of hydrogen-bond acceptors (Lipinski definition) is 5. The van der Waals surface area contributed by atoms with E-state index < -0.39 is 47.5 Å². The molecule has 1 heterocycles. The summed E-state index contributed by atoms with van der Waals surface area (Å²) in [4.78, 5) is 50.7. The van der Waals surface area contributed by atoms with E-state index >= 15 is 0 Å². The van der Waals surface area contributed by atoms with Crippen molar-refractivity contribution in [1.82, 2.24) is 4.90 Å². The van der Waals surface area contributed by atoms with Gasteiger partial charge in [0.25, 0.3) is 5.91 Å². The number of nitrogens with one attached hydrogen (secondary N) is 1. The maximum absolute atomic E-state index is 13.6. The molecule has 1 saturated carbocycles. The van der Waals surface area contributed by atoms with Crippen LogP contribution in [0, 0.1) is 23.5 Å². The molecule has 0 radical (unpaired) electrons. The summed E-state index contributed by atoms with van der Waals surface area (Å²) in [6, 6.07) is 1.38. The number of anilines is 1. The molecule has 9 heteroatoms. The first-order valence-corrected chi connectivity index (χ1v) is 9.54. The van der Waals surface area contributed by atoms with Crippen LogP contribution in [0.1, 0.15) is 39.5 Å². The highest BCUT2D eigenvalue weighted by Crippen LogP contribution is 2.39. The second-order valence-electron chi connectivity index (χ2n) is 7.41. The Morgan fingerprint density at radius 1 is 1.10 bits per heavy atom. The largest absolute Gasteiger partial charge is 0.451 e. The lowest BCUT2D eigenvalue weighted by atomic mass is 9.81. The molecular weight excluding hydrogens is 386 g/mol. The number of fused-ring (bicyclic) bond motifs is 1. The molecule has 3 rings (SSSR count). The number of ether oxygens (including phenoxy) is 1. The maximum Gasteiger partial charge on any atom is 0.329 e. The summed E-state index contributed by atoms with van der Waals surface area (Å²) in [6.07, 6.45) is 1.61. The number of halogens is 2. The number of likely N-dealkylation sites (tertiary alicyclic amines) is 1. The van der Waals surface area contributed by atoms with Crippen LogP contribution in [-0.4, -0.2) is 40.7 Å². The van der Waals surface area contributed by atoms with Crippen LogP contribution in [0.25, 0.3) is 0 Å². The second kappa shape index (κ2) is 8.26. The summed E-state index contributed by atoms with van der Waals surface area (Å²) >= 11 is 0. The quantitative estimate of drug-likeness (QED) is 0.597. The van der Waals surface area contributed by atoms with Crippen LogP contribution in [0.3, 0.4) is 0 Å². The fourth-order valence-electron chi connectivity index (χ4n) is 3.83. The molecule has 156 valence electrons. The van der Waals surface area contributed by atoms with Crippen LogP contribution >= 0.6 is 0 Å². The standard InChI is InChI=1S/C20H22F2N2O5/c1-10(24-18(26)13-5-3-4-6-14(13)19(24)27)20(28)29-11(2)17(25)23-16-9-12(21)7-8-15(16)22/h7-11,13-14H,3-6H2,1-2H3,(H,23,25)/t10-,11+,13-,14-/m0/s1. The first kappa shape index (κ1) is 20.9. The summed E-state index contributed by atoms with van der Waals surface area (Å²) in [5, 5.41) is 2.14. The third-order valence-corrected chi connectivity index (χ3v) is 5.45. The van der Waals surface area contributed by atoms with Crippen molar-refractivity contribution < 1.29 is 32.7 Å². The fraction of sp³-hybridized carbons (Fsp3) is 0.500. The van der Waals surface area contributed by atoms with Gasteiger partial charge in [0.05, 0.1) is 17.5 Å². The van der Waals surface area contributed by atoms with Crippen LogP contribution in [-0.2, 0) is 23.9 Å². The van der Waals surface area contributed by atoms with Gasteiger partial charge in [-0.15, -0.1) is 0 Å². The molecular formula is C20H22F2N2O5. The topological polar surface area (TPSA) is 92.8 Å². The minimum absolute atomic E-state index is 0.386. The van der Waals surface area contributed by atoms with E-state index in [0.717, 1.165) is 35.9 Å². The Morgan fingerprint density at radius 2 is 1.69 bits per heavy atom. The molecule has 1 aromatic rings. The number of carbonyl (C=O) groups excluding carboxylic acids is 4. The highest BCUT2D eigenvalue weighted by molar-refractivity contribution is 6.08. The molecule has 7 nitrogen and oxygen atoms in total. The van der Waals surface area contributed by atoms with Crippen LogP contribution in [0.2, 0.25) is 0 Å². The number of nitrogens with zero attached hydrogens (tertiary/aromatic N) is 1. The van der Waals surface area contributed by atoms with Gasteiger partial charge in [0.2, 0.25) is 11.8 Å². The molecule has 0 spiro atoms. The molecule has 0 aromatic heterocycles. The van der Waals surface area contributed by atoms with Gasteiger partial charge in [0.15, 0.2) is 6.10 Å². The van der Waals surface area contributed by atoms with Crippen molar-refractivity contribution >= 4 is 29.4 Å². The van der Waals surface area contributed by atoms with Gasteiger partial charge in [-0.25, -0.2) is 13.6 Å². The van der Waals surface area contributed by atoms with Gasteiger partial charge in [0.1, 0.15) is 17.7 Å². The van der Waals surface area contributed by atoms with Gasteiger partial charge in [-0.1, -0.05) is 12.8 Å². The van der Waals surface area contributed by atoms with E-state index in [1.807, 2.05) is 0 Å². The Kier molecular flexibility index (Phi) is 5.95. The summed E-state index contributed by atoms with van der Waals surface area (Å²) < 4.78 is 31.9. The van der Waals surface area contributed by atoms with Gasteiger partial charge in [-0.2, -0.15) is 0 Å². The minimum atomic E-state index is -1.34. The van der Waals surface area contributed by atoms with Crippen molar-refractivity contribution in [2.45, 2.75) is 51.7 Å². The molecule has 4 atom stereocenters. The predicted molar refractivity (Wildman–Crippen MR) is 97.3 cm³/mol. The summed E-state index contributed by atoms with van der Waals surface area (Å²) in [5.41, 5.74) is -0.389. The first-order chi connectivity index (χ1) is 13.7. The zero-order chi connectivity index (χ0) is 21.3. The number of carbonyl (C=O) groups is 4. The van der Waals surface area contributed by atoms with E-state index in [-0.39, 0.29) is 17.5 Å². The number of hydrogen-bond donors (Lipinski definition) is 1. The van der Waals surface area contributed by atoms with Crippen LogP contribution < -0.4 is 5.32 Å². The third-order valence-electron chi connectivity index (χ3n) is 5.45. The van der Waals surface area contributed by atoms with Gasteiger partial charge in [-0.05, 0) is 38.8 Å². The van der Waals surface area contributed by atoms with E-state index in [9.17, 15) is 28.0 Å². The average molecular weight is 408 g/mol. The fourth-order valence-corrected chi connectivity index (χ4v) is 3.83. The molecule has 29 heavy (non-hydrogen) atoms. The Bertz CT molecular complexity index is 835. The smallest absolute Gasteiger partial charge is 0.329 e. The first-order valence-electron chi connectivity index (χ1n) is 9.54. The number of imide groups is 1. The van der Waals surface area contributed by atoms with Crippen molar-refractivity contribution in [1.29, 1.82) is 0 Å². The van der Waals surface area contributed by atoms with E-state index in [0.29, 0.717) is 12.8 Å². The van der Waals surface area contributed by atoms with Crippen LogP contribution in [0.15, 0.2) is 18.2 Å². The molecule has 2 fully saturated rings. The molecule has 0 unspecified atom stereocenters. The van der Waals surface area contributed by atoms with Crippen molar-refractivity contribution in [3.05, 3.63) is 29.8 Å². The molecule has 1 saturated heterocycles. The Labute approximate surface area is 166 Å². The highest BCUT2D eigenvalue weighted by Gasteiger charge is 2.51. The lowest BCUT2D eigenvalue weighted by Crippen LogP contribution is -2.46. The highest BCUT2D eigenvalue weighted by atomic mass is 19.1. The number of rotatable bonds is 5. The van der Waals surface area contributed by atoms with Crippen molar-refractivity contribution in [2.24, 2.45) is 11.8 Å². The summed E-state index contributed by atoms with van der Waals surface area (Å²) in [6.45, 7) is 2.62.